The van der Waals surface area contributed by atoms with Crippen LogP contribution in [0, 0.1) is 13.8 Å². The van der Waals surface area contributed by atoms with Gasteiger partial charge in [0.1, 0.15) is 11.5 Å². The molecule has 6 heteroatoms. The molecule has 0 atom stereocenters. The molecule has 0 bridgehead atoms. The largest absolute Gasteiger partial charge is 0.496 e. The van der Waals surface area contributed by atoms with Gasteiger partial charge in [-0.05, 0) is 66.1 Å². The molecule has 0 radical (unpaired) electrons. The number of ether oxygens (including phenoxy) is 1. The van der Waals surface area contributed by atoms with Crippen molar-refractivity contribution in [3.8, 4) is 5.75 Å². The van der Waals surface area contributed by atoms with Gasteiger partial charge in [0.05, 0.1) is 35.7 Å². The maximum atomic E-state index is 13.9. The number of rotatable bonds is 5. The van der Waals surface area contributed by atoms with Crippen LogP contribution in [0.5, 0.6) is 5.75 Å². The first-order valence-electron chi connectivity index (χ1n) is 10.3. The molecule has 0 spiro atoms. The molecular weight excluding hydrogens is 420 g/mol. The van der Waals surface area contributed by atoms with Crippen molar-refractivity contribution in [2.45, 2.75) is 20.4 Å². The minimum absolute atomic E-state index is 0.183. The third-order valence-corrected chi connectivity index (χ3v) is 6.51. The highest BCUT2D eigenvalue weighted by molar-refractivity contribution is 7.22. The highest BCUT2D eigenvalue weighted by Gasteiger charge is 2.26. The molecule has 0 saturated carbocycles. The highest BCUT2D eigenvalue weighted by Crippen LogP contribution is 2.35. The Morgan fingerprint density at radius 2 is 1.84 bits per heavy atom. The zero-order valence-corrected chi connectivity index (χ0v) is 18.9. The molecule has 160 valence electrons. The van der Waals surface area contributed by atoms with Gasteiger partial charge in [0.25, 0.3) is 5.91 Å². The molecule has 32 heavy (non-hydrogen) atoms. The van der Waals surface area contributed by atoms with Crippen molar-refractivity contribution < 1.29 is 13.9 Å². The summed E-state index contributed by atoms with van der Waals surface area (Å²) in [5.74, 6) is 1.04. The fourth-order valence-corrected chi connectivity index (χ4v) is 5.10. The number of hydrogen-bond acceptors (Lipinski definition) is 5. The number of hydrogen-bond donors (Lipinski definition) is 0. The Balaban J connectivity index is 1.65. The summed E-state index contributed by atoms with van der Waals surface area (Å²) in [5, 5.41) is 2.63. The first-order valence-corrected chi connectivity index (χ1v) is 11.1. The van der Waals surface area contributed by atoms with Gasteiger partial charge in [0.2, 0.25) is 0 Å². The number of amides is 1. The first kappa shape index (κ1) is 20.3. The number of carbonyl (C=O) groups excluding carboxylic acids is 1. The summed E-state index contributed by atoms with van der Waals surface area (Å²) in [5.41, 5.74) is 3.67. The molecule has 2 aromatic heterocycles. The molecule has 3 aromatic carbocycles. The van der Waals surface area contributed by atoms with Gasteiger partial charge in [-0.2, -0.15) is 0 Å². The van der Waals surface area contributed by atoms with Gasteiger partial charge in [-0.1, -0.05) is 41.7 Å². The van der Waals surface area contributed by atoms with Crippen molar-refractivity contribution in [3.05, 3.63) is 89.4 Å². The van der Waals surface area contributed by atoms with E-state index in [1.807, 2.05) is 55.5 Å². The van der Waals surface area contributed by atoms with Gasteiger partial charge in [-0.25, -0.2) is 4.98 Å². The minimum Gasteiger partial charge on any atom is -0.496 e. The number of benzene rings is 3. The fraction of sp³-hybridized carbons (Fsp3) is 0.154. The second kappa shape index (κ2) is 8.13. The molecule has 0 N–H and O–H groups in total. The van der Waals surface area contributed by atoms with Crippen LogP contribution >= 0.6 is 11.3 Å². The topological polar surface area (TPSA) is 55.6 Å². The summed E-state index contributed by atoms with van der Waals surface area (Å²) in [6.45, 7) is 4.39. The van der Waals surface area contributed by atoms with E-state index in [4.69, 9.17) is 14.1 Å². The molecule has 2 heterocycles. The summed E-state index contributed by atoms with van der Waals surface area (Å²) in [6.07, 6.45) is 1.61. The summed E-state index contributed by atoms with van der Waals surface area (Å²) < 4.78 is 12.2. The van der Waals surface area contributed by atoms with Gasteiger partial charge >= 0.3 is 0 Å². The van der Waals surface area contributed by atoms with Crippen molar-refractivity contribution in [3.63, 3.8) is 0 Å². The average molecular weight is 443 g/mol. The lowest BCUT2D eigenvalue weighted by Gasteiger charge is -2.20. The van der Waals surface area contributed by atoms with Crippen molar-refractivity contribution in [2.24, 2.45) is 0 Å². The van der Waals surface area contributed by atoms with E-state index in [-0.39, 0.29) is 12.5 Å². The Morgan fingerprint density at radius 1 is 1.06 bits per heavy atom. The summed E-state index contributed by atoms with van der Waals surface area (Å²) in [7, 11) is 1.58. The predicted octanol–water partition coefficient (Wildman–Crippen LogP) is 6.51. The van der Waals surface area contributed by atoms with Gasteiger partial charge < -0.3 is 9.15 Å². The SMILES string of the molecule is COc1cc2ccccc2cc1C(=O)N(Cc1ccco1)c1nc2c(C)cc(C)cc2s1. The molecule has 0 unspecified atom stereocenters. The van der Waals surface area contributed by atoms with Crippen LogP contribution < -0.4 is 9.64 Å². The Labute approximate surface area is 189 Å². The number of furan rings is 1. The second-order valence-electron chi connectivity index (χ2n) is 7.80. The fourth-order valence-electron chi connectivity index (χ4n) is 3.96. The molecule has 0 aliphatic carbocycles. The zero-order valence-electron chi connectivity index (χ0n) is 18.1. The first-order chi connectivity index (χ1) is 15.5. The smallest absolute Gasteiger partial charge is 0.264 e. The maximum absolute atomic E-state index is 13.9. The van der Waals surface area contributed by atoms with Crippen molar-refractivity contribution in [2.75, 3.05) is 12.0 Å². The van der Waals surface area contributed by atoms with E-state index < -0.39 is 0 Å². The average Bonchev–Trinajstić information content (AvgIpc) is 3.46. The molecular formula is C26H22N2O3S. The van der Waals surface area contributed by atoms with Crippen LogP contribution in [0.1, 0.15) is 27.2 Å². The monoisotopic (exact) mass is 442 g/mol. The minimum atomic E-state index is -0.183. The maximum Gasteiger partial charge on any atom is 0.264 e. The van der Waals surface area contributed by atoms with E-state index in [1.165, 1.54) is 16.9 Å². The summed E-state index contributed by atoms with van der Waals surface area (Å²) in [6, 6.07) is 19.6. The van der Waals surface area contributed by atoms with E-state index >= 15 is 0 Å². The Bertz CT molecular complexity index is 1440. The van der Waals surface area contributed by atoms with Crippen LogP contribution in [-0.4, -0.2) is 18.0 Å². The molecule has 5 aromatic rings. The Kier molecular flexibility index (Phi) is 5.15. The van der Waals surface area contributed by atoms with Crippen LogP contribution in [0.2, 0.25) is 0 Å². The van der Waals surface area contributed by atoms with Crippen LogP contribution in [0.15, 0.2) is 71.3 Å². The summed E-state index contributed by atoms with van der Waals surface area (Å²) in [4.78, 5) is 20.4. The highest BCUT2D eigenvalue weighted by atomic mass is 32.1. The van der Waals surface area contributed by atoms with E-state index in [0.29, 0.717) is 22.2 Å². The standard InChI is InChI=1S/C26H22N2O3S/c1-16-11-17(2)24-23(12-16)32-26(27-24)28(15-20-9-6-10-31-20)25(29)21-13-18-7-4-5-8-19(18)14-22(21)30-3/h4-14H,15H2,1-3H3. The third-order valence-electron chi connectivity index (χ3n) is 5.49. The number of nitrogens with zero attached hydrogens (tertiary/aromatic N) is 2. The van der Waals surface area contributed by atoms with Crippen LogP contribution in [0.25, 0.3) is 21.0 Å². The number of aromatic nitrogens is 1. The van der Waals surface area contributed by atoms with Crippen molar-refractivity contribution in [1.82, 2.24) is 4.98 Å². The second-order valence-corrected chi connectivity index (χ2v) is 8.80. The quantitative estimate of drug-likeness (QED) is 0.311. The molecule has 5 nitrogen and oxygen atoms in total. The Hall–Kier alpha value is -3.64. The summed E-state index contributed by atoms with van der Waals surface area (Å²) >= 11 is 1.51. The molecule has 1 amide bonds. The third kappa shape index (κ3) is 3.63. The molecule has 0 aliphatic rings. The number of fused-ring (bicyclic) bond motifs is 2. The number of carbonyl (C=O) groups is 1. The normalized spacial score (nSPS) is 11.2. The predicted molar refractivity (Wildman–Crippen MR) is 129 cm³/mol. The molecule has 0 saturated heterocycles. The van der Waals surface area contributed by atoms with Gasteiger partial charge in [0.15, 0.2) is 5.13 Å². The number of aryl methyl sites for hydroxylation is 2. The lowest BCUT2D eigenvalue weighted by molar-refractivity contribution is 0.0980. The van der Waals surface area contributed by atoms with E-state index in [1.54, 1.807) is 18.3 Å². The number of methoxy groups -OCH3 is 1. The van der Waals surface area contributed by atoms with Gasteiger partial charge in [0, 0.05) is 0 Å². The van der Waals surface area contributed by atoms with Gasteiger partial charge in [-0.15, -0.1) is 0 Å². The van der Waals surface area contributed by atoms with Crippen LogP contribution in [-0.2, 0) is 6.54 Å². The Morgan fingerprint density at radius 3 is 2.56 bits per heavy atom. The van der Waals surface area contributed by atoms with E-state index in [2.05, 4.69) is 19.1 Å². The van der Waals surface area contributed by atoms with Crippen molar-refractivity contribution >= 4 is 43.4 Å². The van der Waals surface area contributed by atoms with E-state index in [0.717, 1.165) is 26.6 Å². The van der Waals surface area contributed by atoms with Crippen LogP contribution in [0.4, 0.5) is 5.13 Å². The number of thiazole rings is 1. The lowest BCUT2D eigenvalue weighted by Crippen LogP contribution is -2.30. The lowest BCUT2D eigenvalue weighted by atomic mass is 10.0. The van der Waals surface area contributed by atoms with E-state index in [9.17, 15) is 4.79 Å². The molecule has 0 aliphatic heterocycles. The zero-order chi connectivity index (χ0) is 22.2. The van der Waals surface area contributed by atoms with Crippen LogP contribution in [0.3, 0.4) is 0 Å². The molecule has 0 fully saturated rings. The van der Waals surface area contributed by atoms with Gasteiger partial charge in [-0.3, -0.25) is 9.69 Å². The number of anilines is 1. The van der Waals surface area contributed by atoms with Crippen molar-refractivity contribution in [1.29, 1.82) is 0 Å². The molecule has 5 rings (SSSR count).